The van der Waals surface area contributed by atoms with Gasteiger partial charge in [-0.1, -0.05) is 63.8 Å². The molecule has 4 rings (SSSR count). The lowest BCUT2D eigenvalue weighted by molar-refractivity contribution is 0.0712. The minimum Gasteiger partial charge on any atom is -0.0654 e. The van der Waals surface area contributed by atoms with Crippen LogP contribution < -0.4 is 0 Å². The summed E-state index contributed by atoms with van der Waals surface area (Å²) in [5, 5.41) is 0. The third-order valence-electron chi connectivity index (χ3n) is 8.77. The fourth-order valence-electron chi connectivity index (χ4n) is 7.04. The Bertz CT molecular complexity index is 562. The van der Waals surface area contributed by atoms with Crippen molar-refractivity contribution in [3.05, 3.63) is 35.4 Å². The molecule has 0 bridgehead atoms. The fraction of sp³-hybridized carbons (Fsp3) is 0.778. The number of hydrogen-bond acceptors (Lipinski definition) is 0. The molecule has 1 aromatic rings. The molecule has 3 fully saturated rings. The molecule has 0 amide bonds. The normalized spacial score (nSPS) is 37.0. The summed E-state index contributed by atoms with van der Waals surface area (Å²) in [6, 6.07) is 9.61. The van der Waals surface area contributed by atoms with Crippen molar-refractivity contribution in [2.24, 2.45) is 29.6 Å². The molecular formula is C27H42. The smallest absolute Gasteiger partial charge is 0.0159 e. The number of benzene rings is 1. The maximum Gasteiger partial charge on any atom is -0.0159 e. The van der Waals surface area contributed by atoms with Gasteiger partial charge in [0, 0.05) is 0 Å². The summed E-state index contributed by atoms with van der Waals surface area (Å²) in [6.45, 7) is 4.62. The van der Waals surface area contributed by atoms with E-state index in [1.54, 1.807) is 44.1 Å². The highest BCUT2D eigenvalue weighted by atomic mass is 14.4. The number of fused-ring (bicyclic) bond motifs is 1. The van der Waals surface area contributed by atoms with Crippen LogP contribution in [0.25, 0.3) is 0 Å². The van der Waals surface area contributed by atoms with Crippen LogP contribution in [0.3, 0.4) is 0 Å². The molecule has 0 radical (unpaired) electrons. The van der Waals surface area contributed by atoms with Gasteiger partial charge in [0.1, 0.15) is 0 Å². The Kier molecular flexibility index (Phi) is 6.62. The van der Waals surface area contributed by atoms with Crippen molar-refractivity contribution < 1.29 is 0 Å². The van der Waals surface area contributed by atoms with Crippen molar-refractivity contribution in [1.82, 2.24) is 0 Å². The molecule has 3 aliphatic carbocycles. The van der Waals surface area contributed by atoms with E-state index in [1.165, 1.54) is 44.1 Å². The zero-order valence-electron chi connectivity index (χ0n) is 18.0. The van der Waals surface area contributed by atoms with Crippen LogP contribution in [0.1, 0.15) is 108 Å². The maximum absolute atomic E-state index is 2.43. The molecule has 0 saturated heterocycles. The van der Waals surface area contributed by atoms with Gasteiger partial charge in [-0.3, -0.25) is 0 Å². The van der Waals surface area contributed by atoms with Gasteiger partial charge >= 0.3 is 0 Å². The summed E-state index contributed by atoms with van der Waals surface area (Å²) >= 11 is 0. The Morgan fingerprint density at radius 2 is 1.26 bits per heavy atom. The van der Waals surface area contributed by atoms with Gasteiger partial charge in [0.15, 0.2) is 0 Å². The topological polar surface area (TPSA) is 0 Å². The lowest BCUT2D eigenvalue weighted by atomic mass is 9.60. The molecule has 0 heteroatoms. The number of aryl methyl sites for hydroxylation is 1. The van der Waals surface area contributed by atoms with E-state index in [0.717, 1.165) is 41.9 Å². The molecule has 4 atom stereocenters. The first kappa shape index (κ1) is 19.5. The monoisotopic (exact) mass is 366 g/mol. The molecule has 0 spiro atoms. The molecule has 1 aromatic carbocycles. The van der Waals surface area contributed by atoms with Crippen LogP contribution >= 0.6 is 0 Å². The minimum absolute atomic E-state index is 0.846. The minimum atomic E-state index is 0.846. The van der Waals surface area contributed by atoms with Crippen LogP contribution in [-0.2, 0) is 6.42 Å². The van der Waals surface area contributed by atoms with Gasteiger partial charge in [0.05, 0.1) is 0 Å². The Morgan fingerprint density at radius 3 is 1.93 bits per heavy atom. The third kappa shape index (κ3) is 4.63. The summed E-state index contributed by atoms with van der Waals surface area (Å²) in [5.41, 5.74) is 3.11. The van der Waals surface area contributed by atoms with Crippen LogP contribution in [0.5, 0.6) is 0 Å². The summed E-state index contributed by atoms with van der Waals surface area (Å²) in [7, 11) is 0. The van der Waals surface area contributed by atoms with E-state index in [9.17, 15) is 0 Å². The van der Waals surface area contributed by atoms with Crippen molar-refractivity contribution in [2.75, 3.05) is 0 Å². The largest absolute Gasteiger partial charge is 0.0654 e. The second-order valence-electron chi connectivity index (χ2n) is 10.3. The molecule has 0 nitrogen and oxygen atoms in total. The van der Waals surface area contributed by atoms with E-state index in [-0.39, 0.29) is 0 Å². The zero-order valence-corrected chi connectivity index (χ0v) is 18.0. The Morgan fingerprint density at radius 1 is 0.667 bits per heavy atom. The molecule has 4 unspecified atom stereocenters. The van der Waals surface area contributed by atoms with Gasteiger partial charge in [-0.2, -0.15) is 0 Å². The van der Waals surface area contributed by atoms with Crippen LogP contribution in [0.4, 0.5) is 0 Å². The molecule has 0 N–H and O–H groups in total. The highest BCUT2D eigenvalue weighted by Crippen LogP contribution is 2.51. The van der Waals surface area contributed by atoms with Gasteiger partial charge < -0.3 is 0 Å². The second-order valence-corrected chi connectivity index (χ2v) is 10.3. The maximum atomic E-state index is 2.43. The Hall–Kier alpha value is -0.780. The van der Waals surface area contributed by atoms with Gasteiger partial charge in [0.2, 0.25) is 0 Å². The molecule has 0 heterocycles. The second kappa shape index (κ2) is 9.15. The van der Waals surface area contributed by atoms with Crippen molar-refractivity contribution >= 4 is 0 Å². The van der Waals surface area contributed by atoms with Crippen LogP contribution in [-0.4, -0.2) is 0 Å². The van der Waals surface area contributed by atoms with Crippen molar-refractivity contribution in [3.8, 4) is 0 Å². The molecule has 3 aliphatic rings. The van der Waals surface area contributed by atoms with Crippen molar-refractivity contribution in [1.29, 1.82) is 0 Å². The molecule has 0 aliphatic heterocycles. The Balaban J connectivity index is 1.29. The molecule has 150 valence electrons. The summed E-state index contributed by atoms with van der Waals surface area (Å²) in [4.78, 5) is 0. The Labute approximate surface area is 168 Å². The van der Waals surface area contributed by atoms with E-state index in [4.69, 9.17) is 0 Å². The van der Waals surface area contributed by atoms with E-state index < -0.39 is 0 Å². The first-order valence-electron chi connectivity index (χ1n) is 12.4. The van der Waals surface area contributed by atoms with Gasteiger partial charge in [0.25, 0.3) is 0 Å². The quantitative estimate of drug-likeness (QED) is 0.493. The summed E-state index contributed by atoms with van der Waals surface area (Å²) < 4.78 is 0. The summed E-state index contributed by atoms with van der Waals surface area (Å²) in [6.07, 6.45) is 19.3. The van der Waals surface area contributed by atoms with E-state index in [2.05, 4.69) is 38.1 Å². The predicted molar refractivity (Wildman–Crippen MR) is 117 cm³/mol. The van der Waals surface area contributed by atoms with E-state index in [0.29, 0.717) is 0 Å². The highest BCUT2D eigenvalue weighted by molar-refractivity contribution is 5.26. The average molecular weight is 367 g/mol. The van der Waals surface area contributed by atoms with Gasteiger partial charge in [-0.25, -0.2) is 0 Å². The van der Waals surface area contributed by atoms with Crippen LogP contribution in [0.15, 0.2) is 24.3 Å². The zero-order chi connectivity index (χ0) is 18.6. The van der Waals surface area contributed by atoms with Crippen LogP contribution in [0.2, 0.25) is 0 Å². The number of hydrogen-bond donors (Lipinski definition) is 0. The van der Waals surface area contributed by atoms with Gasteiger partial charge in [-0.15, -0.1) is 0 Å². The predicted octanol–water partition coefficient (Wildman–Crippen LogP) is 8.16. The third-order valence-corrected chi connectivity index (χ3v) is 8.77. The standard InChI is InChI=1S/C27H42/c1-3-5-21-8-12-23(13-9-21)25-15-17-26-18-24(14-16-27(26)19-25)22-10-6-20(4-2)7-11-22/h6-7,10-11,21,23-27H,3-5,8-9,12-19H2,1-2H3. The summed E-state index contributed by atoms with van der Waals surface area (Å²) in [5.74, 6) is 6.16. The highest BCUT2D eigenvalue weighted by Gasteiger charge is 2.38. The van der Waals surface area contributed by atoms with Gasteiger partial charge in [-0.05, 0) is 104 Å². The van der Waals surface area contributed by atoms with Crippen molar-refractivity contribution in [2.45, 2.75) is 103 Å². The van der Waals surface area contributed by atoms with Crippen LogP contribution in [0, 0.1) is 29.6 Å². The lowest BCUT2D eigenvalue weighted by Crippen LogP contribution is -2.34. The number of rotatable bonds is 5. The molecular weight excluding hydrogens is 324 g/mol. The first-order chi connectivity index (χ1) is 13.3. The molecule has 0 aromatic heterocycles. The molecule has 27 heavy (non-hydrogen) atoms. The lowest BCUT2D eigenvalue weighted by Gasteiger charge is -2.45. The fourth-order valence-corrected chi connectivity index (χ4v) is 7.04. The van der Waals surface area contributed by atoms with Crippen molar-refractivity contribution in [3.63, 3.8) is 0 Å². The molecule has 3 saturated carbocycles. The first-order valence-corrected chi connectivity index (χ1v) is 12.4. The average Bonchev–Trinajstić information content (AvgIpc) is 2.74. The van der Waals surface area contributed by atoms with E-state index >= 15 is 0 Å². The van der Waals surface area contributed by atoms with E-state index in [1.807, 2.05) is 0 Å². The SMILES string of the molecule is CCCC1CCC(C2CCC3CC(c4ccc(CC)cc4)CCC3C2)CC1.